The van der Waals surface area contributed by atoms with Gasteiger partial charge in [0.05, 0.1) is 42.9 Å². The van der Waals surface area contributed by atoms with E-state index in [1.807, 2.05) is 0 Å². The molecule has 8 heteroatoms. The number of nitrogens with zero attached hydrogens (tertiary/aromatic N) is 2. The highest BCUT2D eigenvalue weighted by atomic mass is 79.9. The van der Waals surface area contributed by atoms with Crippen LogP contribution in [-0.2, 0) is 9.53 Å². The molecule has 2 aromatic rings. The van der Waals surface area contributed by atoms with Gasteiger partial charge in [0, 0.05) is 4.47 Å². The van der Waals surface area contributed by atoms with Gasteiger partial charge < -0.3 is 14.2 Å². The van der Waals surface area contributed by atoms with Gasteiger partial charge in [-0.1, -0.05) is 15.9 Å². The van der Waals surface area contributed by atoms with Crippen LogP contribution in [0.25, 0.3) is 6.08 Å². The van der Waals surface area contributed by atoms with E-state index in [0.717, 1.165) is 10.0 Å². The van der Waals surface area contributed by atoms with Gasteiger partial charge in [-0.25, -0.2) is 4.79 Å². The predicted molar refractivity (Wildman–Crippen MR) is 123 cm³/mol. The van der Waals surface area contributed by atoms with E-state index in [0.29, 0.717) is 34.0 Å². The molecule has 1 aliphatic rings. The number of halogens is 1. The number of rotatable bonds is 6. The van der Waals surface area contributed by atoms with Gasteiger partial charge in [-0.3, -0.25) is 4.79 Å². The van der Waals surface area contributed by atoms with Gasteiger partial charge in [0.25, 0.3) is 5.91 Å². The molecule has 0 unspecified atom stereocenters. The first-order chi connectivity index (χ1) is 14.7. The fourth-order valence-electron chi connectivity index (χ4n) is 3.02. The number of benzene rings is 2. The van der Waals surface area contributed by atoms with Crippen molar-refractivity contribution in [2.24, 2.45) is 5.10 Å². The molecular formula is C23H23BrN2O5. The minimum atomic E-state index is -0.409. The van der Waals surface area contributed by atoms with Gasteiger partial charge in [-0.2, -0.15) is 10.1 Å². The Morgan fingerprint density at radius 3 is 2.29 bits per heavy atom. The molecule has 0 aromatic heterocycles. The third kappa shape index (κ3) is 4.80. The summed E-state index contributed by atoms with van der Waals surface area (Å²) >= 11 is 3.51. The molecule has 0 saturated carbocycles. The molecule has 0 aliphatic carbocycles. The van der Waals surface area contributed by atoms with Gasteiger partial charge >= 0.3 is 5.97 Å². The molecule has 0 atom stereocenters. The molecule has 0 N–H and O–H groups in total. The van der Waals surface area contributed by atoms with Gasteiger partial charge in [-0.05, 0) is 68.8 Å². The maximum absolute atomic E-state index is 13.1. The average molecular weight is 487 g/mol. The van der Waals surface area contributed by atoms with Crippen LogP contribution in [0.15, 0.2) is 51.5 Å². The van der Waals surface area contributed by atoms with E-state index in [2.05, 4.69) is 21.0 Å². The van der Waals surface area contributed by atoms with Crippen LogP contribution in [0.4, 0.5) is 5.69 Å². The number of hydrazone groups is 1. The summed E-state index contributed by atoms with van der Waals surface area (Å²) < 4.78 is 16.6. The van der Waals surface area contributed by atoms with Crippen molar-refractivity contribution in [3.05, 3.63) is 57.6 Å². The molecule has 2 aromatic carbocycles. The molecular weight excluding hydrogens is 464 g/mol. The van der Waals surface area contributed by atoms with Gasteiger partial charge in [0.1, 0.15) is 0 Å². The minimum Gasteiger partial charge on any atom is -0.493 e. The van der Waals surface area contributed by atoms with Crippen LogP contribution in [0.5, 0.6) is 11.5 Å². The molecule has 1 amide bonds. The highest BCUT2D eigenvalue weighted by molar-refractivity contribution is 9.10. The molecule has 0 saturated heterocycles. The van der Waals surface area contributed by atoms with Crippen molar-refractivity contribution in [3.63, 3.8) is 0 Å². The van der Waals surface area contributed by atoms with Crippen molar-refractivity contribution < 1.29 is 23.8 Å². The summed E-state index contributed by atoms with van der Waals surface area (Å²) in [6, 6.07) is 10.1. The summed E-state index contributed by atoms with van der Waals surface area (Å²) in [6.07, 6.45) is 1.55. The number of carbonyl (C=O) groups excluding carboxylic acids is 2. The van der Waals surface area contributed by atoms with E-state index in [4.69, 9.17) is 14.2 Å². The van der Waals surface area contributed by atoms with Crippen LogP contribution in [0.1, 0.15) is 36.7 Å². The zero-order chi connectivity index (χ0) is 22.7. The van der Waals surface area contributed by atoms with Gasteiger partial charge in [0.15, 0.2) is 11.5 Å². The molecule has 0 spiro atoms. The third-order valence-electron chi connectivity index (χ3n) is 4.56. The lowest BCUT2D eigenvalue weighted by atomic mass is 10.1. The monoisotopic (exact) mass is 486 g/mol. The van der Waals surface area contributed by atoms with E-state index in [-0.39, 0.29) is 12.0 Å². The van der Waals surface area contributed by atoms with E-state index in [1.54, 1.807) is 77.5 Å². The van der Waals surface area contributed by atoms with Gasteiger partial charge in [-0.15, -0.1) is 0 Å². The average Bonchev–Trinajstić information content (AvgIpc) is 3.02. The molecule has 7 nitrogen and oxygen atoms in total. The summed E-state index contributed by atoms with van der Waals surface area (Å²) in [5.41, 5.74) is 2.76. The Morgan fingerprint density at radius 2 is 1.71 bits per heavy atom. The number of methoxy groups -OCH3 is 2. The predicted octanol–water partition coefficient (Wildman–Crippen LogP) is 4.84. The van der Waals surface area contributed by atoms with E-state index in [1.165, 1.54) is 5.01 Å². The van der Waals surface area contributed by atoms with Crippen molar-refractivity contribution in [2.75, 3.05) is 19.2 Å². The Hall–Kier alpha value is -3.13. The van der Waals surface area contributed by atoms with Crippen molar-refractivity contribution in [1.82, 2.24) is 0 Å². The molecule has 0 bridgehead atoms. The first kappa shape index (κ1) is 22.6. The van der Waals surface area contributed by atoms with Crippen LogP contribution < -0.4 is 14.5 Å². The fraction of sp³-hybridized carbons (Fsp3) is 0.261. The SMILES string of the molecule is COc1cc(Br)c(/C=C2\C(=O)N(c3ccc(C(=O)OC(C)C)cc3)N=C2C)cc1OC. The number of anilines is 1. The quantitative estimate of drug-likeness (QED) is 0.431. The summed E-state index contributed by atoms with van der Waals surface area (Å²) in [7, 11) is 3.11. The van der Waals surface area contributed by atoms with Crippen LogP contribution in [-0.4, -0.2) is 37.9 Å². The van der Waals surface area contributed by atoms with Crippen LogP contribution in [0, 0.1) is 0 Å². The lowest BCUT2D eigenvalue weighted by Crippen LogP contribution is -2.21. The van der Waals surface area contributed by atoms with Crippen molar-refractivity contribution in [2.45, 2.75) is 26.9 Å². The number of hydrogen-bond donors (Lipinski definition) is 0. The summed E-state index contributed by atoms with van der Waals surface area (Å²) in [4.78, 5) is 25.1. The Bertz CT molecular complexity index is 1070. The number of hydrogen-bond acceptors (Lipinski definition) is 6. The smallest absolute Gasteiger partial charge is 0.338 e. The lowest BCUT2D eigenvalue weighted by Gasteiger charge is -2.13. The largest absolute Gasteiger partial charge is 0.493 e. The lowest BCUT2D eigenvalue weighted by molar-refractivity contribution is -0.114. The standard InChI is InChI=1S/C23H23BrN2O5/c1-13(2)31-23(28)15-6-8-17(9-7-15)26-22(27)18(14(3)25-26)10-16-11-20(29-4)21(30-5)12-19(16)24/h6-13H,1-5H3/b18-10-. The second kappa shape index (κ2) is 9.34. The third-order valence-corrected chi connectivity index (χ3v) is 5.24. The second-order valence-corrected chi connectivity index (χ2v) is 7.94. The summed E-state index contributed by atoms with van der Waals surface area (Å²) in [6.45, 7) is 5.35. The number of carbonyl (C=O) groups is 2. The molecule has 31 heavy (non-hydrogen) atoms. The summed E-state index contributed by atoms with van der Waals surface area (Å²) in [5, 5.41) is 5.70. The Balaban J connectivity index is 1.88. The first-order valence-corrected chi connectivity index (χ1v) is 10.4. The van der Waals surface area contributed by atoms with Gasteiger partial charge in [0.2, 0.25) is 0 Å². The Labute approximate surface area is 189 Å². The highest BCUT2D eigenvalue weighted by Gasteiger charge is 2.29. The zero-order valence-corrected chi connectivity index (χ0v) is 19.5. The molecule has 162 valence electrons. The number of ether oxygens (including phenoxy) is 3. The maximum atomic E-state index is 13.1. The second-order valence-electron chi connectivity index (χ2n) is 7.09. The van der Waals surface area contributed by atoms with Crippen LogP contribution >= 0.6 is 15.9 Å². The molecule has 0 radical (unpaired) electrons. The summed E-state index contributed by atoms with van der Waals surface area (Å²) in [5.74, 6) is 0.459. The normalized spacial score (nSPS) is 14.8. The van der Waals surface area contributed by atoms with E-state index < -0.39 is 5.97 Å². The van der Waals surface area contributed by atoms with Crippen LogP contribution in [0.2, 0.25) is 0 Å². The maximum Gasteiger partial charge on any atom is 0.338 e. The first-order valence-electron chi connectivity index (χ1n) is 9.59. The zero-order valence-electron chi connectivity index (χ0n) is 17.9. The Morgan fingerprint density at radius 1 is 1.10 bits per heavy atom. The number of esters is 1. The molecule has 1 heterocycles. The minimum absolute atomic E-state index is 0.205. The Kier molecular flexibility index (Phi) is 6.80. The van der Waals surface area contributed by atoms with Crippen molar-refractivity contribution in [1.29, 1.82) is 0 Å². The fourth-order valence-corrected chi connectivity index (χ4v) is 3.45. The molecule has 3 rings (SSSR count). The molecule has 0 fully saturated rings. The highest BCUT2D eigenvalue weighted by Crippen LogP contribution is 2.35. The number of amides is 1. The molecule has 1 aliphatic heterocycles. The van der Waals surface area contributed by atoms with E-state index in [9.17, 15) is 9.59 Å². The van der Waals surface area contributed by atoms with E-state index >= 15 is 0 Å². The topological polar surface area (TPSA) is 77.4 Å². The van der Waals surface area contributed by atoms with Crippen LogP contribution in [0.3, 0.4) is 0 Å². The van der Waals surface area contributed by atoms with Crippen molar-refractivity contribution in [3.8, 4) is 11.5 Å². The van der Waals surface area contributed by atoms with Crippen molar-refractivity contribution >= 4 is 45.3 Å².